The first-order chi connectivity index (χ1) is 9.52. The van der Waals surface area contributed by atoms with E-state index < -0.39 is 21.5 Å². The van der Waals surface area contributed by atoms with Crippen molar-refractivity contribution in [3.05, 3.63) is 0 Å². The zero-order valence-electron chi connectivity index (χ0n) is 12.7. The molecular formula is C13H23N3O4S. The van der Waals surface area contributed by atoms with Gasteiger partial charge >= 0.3 is 6.09 Å². The molecule has 1 amide bonds. The topological polar surface area (TPSA) is 113 Å². The summed E-state index contributed by atoms with van der Waals surface area (Å²) in [5.41, 5.74) is -0.545. The molecule has 1 saturated heterocycles. The molecule has 1 aliphatic heterocycles. The number of piperidine rings is 1. The Kier molecular flexibility index (Phi) is 5.59. The number of hydrogen-bond donors (Lipinski definition) is 1. The van der Waals surface area contributed by atoms with Crippen LogP contribution in [-0.2, 0) is 14.8 Å². The van der Waals surface area contributed by atoms with E-state index in [0.29, 0.717) is 25.9 Å². The number of nitriles is 1. The summed E-state index contributed by atoms with van der Waals surface area (Å²) in [6, 6.07) is 2.02. The lowest BCUT2D eigenvalue weighted by Gasteiger charge is -2.34. The molecule has 0 bridgehead atoms. The van der Waals surface area contributed by atoms with Gasteiger partial charge in [0.1, 0.15) is 5.60 Å². The van der Waals surface area contributed by atoms with Crippen LogP contribution >= 0.6 is 0 Å². The Balaban J connectivity index is 2.55. The second-order valence-corrected chi connectivity index (χ2v) is 8.03. The van der Waals surface area contributed by atoms with Gasteiger partial charge in [0.05, 0.1) is 17.7 Å². The first kappa shape index (κ1) is 17.7. The second kappa shape index (κ2) is 6.62. The second-order valence-electron chi connectivity index (χ2n) is 6.37. The molecule has 120 valence electrons. The summed E-state index contributed by atoms with van der Waals surface area (Å²) < 4.78 is 27.5. The first-order valence-electron chi connectivity index (χ1n) is 6.90. The van der Waals surface area contributed by atoms with Gasteiger partial charge < -0.3 is 9.64 Å². The predicted octanol–water partition coefficient (Wildman–Crippen LogP) is 1.06. The van der Waals surface area contributed by atoms with Gasteiger partial charge in [-0.05, 0) is 39.5 Å². The Hall–Kier alpha value is -1.33. The number of ether oxygens (including phenoxy) is 1. The molecule has 0 aromatic heterocycles. The first-order valence-corrected chi connectivity index (χ1v) is 8.61. The Labute approximate surface area is 126 Å². The molecule has 0 aliphatic carbocycles. The zero-order valence-corrected chi connectivity index (χ0v) is 13.5. The monoisotopic (exact) mass is 317 g/mol. The number of amides is 1. The minimum Gasteiger partial charge on any atom is -0.444 e. The van der Waals surface area contributed by atoms with Crippen LogP contribution in [0.15, 0.2) is 0 Å². The van der Waals surface area contributed by atoms with E-state index in [2.05, 4.69) is 0 Å². The summed E-state index contributed by atoms with van der Waals surface area (Å²) in [4.78, 5) is 13.5. The number of likely N-dealkylation sites (tertiary alicyclic amines) is 1. The van der Waals surface area contributed by atoms with E-state index in [1.807, 2.05) is 6.07 Å². The predicted molar refractivity (Wildman–Crippen MR) is 77.6 cm³/mol. The molecule has 1 heterocycles. The highest BCUT2D eigenvalue weighted by Gasteiger charge is 2.32. The minimum atomic E-state index is -3.67. The van der Waals surface area contributed by atoms with Gasteiger partial charge in [0.2, 0.25) is 10.0 Å². The lowest BCUT2D eigenvalue weighted by molar-refractivity contribution is 0.0173. The van der Waals surface area contributed by atoms with Crippen LogP contribution in [0.2, 0.25) is 0 Å². The molecule has 21 heavy (non-hydrogen) atoms. The molecule has 1 rings (SSSR count). The standard InChI is InChI=1S/C13H23N3O4S/c1-13(2,3)20-12(17)16-6-4-10(5-7-16)11(8-14)9-21(15,18)19/h10-11H,4-7,9H2,1-3H3,(H2,15,18,19). The van der Waals surface area contributed by atoms with Crippen LogP contribution in [0.3, 0.4) is 0 Å². The molecule has 7 nitrogen and oxygen atoms in total. The fraction of sp³-hybridized carbons (Fsp3) is 0.846. The fourth-order valence-corrected chi connectivity index (χ4v) is 3.19. The molecule has 2 N–H and O–H groups in total. The molecule has 1 fully saturated rings. The highest BCUT2D eigenvalue weighted by atomic mass is 32.2. The van der Waals surface area contributed by atoms with Crippen molar-refractivity contribution in [3.63, 3.8) is 0 Å². The van der Waals surface area contributed by atoms with Crippen LogP contribution < -0.4 is 5.14 Å². The van der Waals surface area contributed by atoms with Gasteiger partial charge in [-0.3, -0.25) is 0 Å². The molecule has 1 unspecified atom stereocenters. The fourth-order valence-electron chi connectivity index (χ4n) is 2.34. The molecule has 8 heteroatoms. The molecular weight excluding hydrogens is 294 g/mol. The molecule has 1 aliphatic rings. The number of hydrogen-bond acceptors (Lipinski definition) is 5. The largest absolute Gasteiger partial charge is 0.444 e. The number of nitrogens with two attached hydrogens (primary N) is 1. The maximum Gasteiger partial charge on any atom is 0.410 e. The van der Waals surface area contributed by atoms with Crippen LogP contribution in [-0.4, -0.2) is 43.9 Å². The van der Waals surface area contributed by atoms with E-state index in [0.717, 1.165) is 0 Å². The van der Waals surface area contributed by atoms with Crippen LogP contribution in [0, 0.1) is 23.2 Å². The molecule has 0 aromatic carbocycles. The van der Waals surface area contributed by atoms with Gasteiger partial charge in [0.15, 0.2) is 0 Å². The van der Waals surface area contributed by atoms with E-state index in [-0.39, 0.29) is 17.8 Å². The molecule has 0 aromatic rings. The minimum absolute atomic E-state index is 0.0630. The van der Waals surface area contributed by atoms with E-state index in [1.54, 1.807) is 25.7 Å². The average Bonchev–Trinajstić information content (AvgIpc) is 2.33. The Bertz CT molecular complexity index is 511. The van der Waals surface area contributed by atoms with Crippen molar-refractivity contribution in [2.45, 2.75) is 39.2 Å². The van der Waals surface area contributed by atoms with E-state index in [1.165, 1.54) is 0 Å². The maximum atomic E-state index is 11.9. The van der Waals surface area contributed by atoms with E-state index in [4.69, 9.17) is 15.1 Å². The summed E-state index contributed by atoms with van der Waals surface area (Å²) >= 11 is 0. The highest BCUT2D eigenvalue weighted by Crippen LogP contribution is 2.26. The third-order valence-corrected chi connectivity index (χ3v) is 4.16. The molecule has 0 saturated carbocycles. The summed E-state index contributed by atoms with van der Waals surface area (Å²) in [5.74, 6) is -1.02. The lowest BCUT2D eigenvalue weighted by atomic mass is 9.86. The third-order valence-electron chi connectivity index (χ3n) is 3.34. The normalized spacial score (nSPS) is 18.9. The van der Waals surface area contributed by atoms with E-state index in [9.17, 15) is 13.2 Å². The molecule has 0 radical (unpaired) electrons. The SMILES string of the molecule is CC(C)(C)OC(=O)N1CCC(C(C#N)CS(N)(=O)=O)CC1. The van der Waals surface area contributed by atoms with Gasteiger partial charge in [0, 0.05) is 13.1 Å². The summed E-state index contributed by atoms with van der Waals surface area (Å²) in [6.07, 6.45) is 0.779. The van der Waals surface area contributed by atoms with Crippen molar-refractivity contribution in [2.24, 2.45) is 17.0 Å². The van der Waals surface area contributed by atoms with Gasteiger partial charge in [-0.2, -0.15) is 5.26 Å². The van der Waals surface area contributed by atoms with Crippen LogP contribution in [0.5, 0.6) is 0 Å². The Morgan fingerprint density at radius 3 is 2.33 bits per heavy atom. The lowest BCUT2D eigenvalue weighted by Crippen LogP contribution is -2.43. The summed E-state index contributed by atoms with van der Waals surface area (Å²) in [6.45, 7) is 6.32. The Morgan fingerprint density at radius 2 is 1.95 bits per heavy atom. The summed E-state index contributed by atoms with van der Waals surface area (Å²) in [5, 5.41) is 14.1. The number of carbonyl (C=O) groups is 1. The van der Waals surface area contributed by atoms with Crippen LogP contribution in [0.4, 0.5) is 4.79 Å². The number of primary sulfonamides is 1. The van der Waals surface area contributed by atoms with Gasteiger partial charge in [0.25, 0.3) is 0 Å². The third kappa shape index (κ3) is 6.31. The van der Waals surface area contributed by atoms with Gasteiger partial charge in [-0.25, -0.2) is 18.4 Å². The smallest absolute Gasteiger partial charge is 0.410 e. The maximum absolute atomic E-state index is 11.9. The number of nitrogens with zero attached hydrogens (tertiary/aromatic N) is 2. The molecule has 0 spiro atoms. The van der Waals surface area contributed by atoms with Gasteiger partial charge in [-0.1, -0.05) is 0 Å². The molecule has 1 atom stereocenters. The van der Waals surface area contributed by atoms with Gasteiger partial charge in [-0.15, -0.1) is 0 Å². The van der Waals surface area contributed by atoms with Crippen LogP contribution in [0.1, 0.15) is 33.6 Å². The van der Waals surface area contributed by atoms with E-state index >= 15 is 0 Å². The Morgan fingerprint density at radius 1 is 1.43 bits per heavy atom. The van der Waals surface area contributed by atoms with Crippen molar-refractivity contribution in [1.82, 2.24) is 4.90 Å². The van der Waals surface area contributed by atoms with Crippen molar-refractivity contribution < 1.29 is 17.9 Å². The highest BCUT2D eigenvalue weighted by molar-refractivity contribution is 7.89. The number of rotatable bonds is 3. The quantitative estimate of drug-likeness (QED) is 0.836. The summed E-state index contributed by atoms with van der Waals surface area (Å²) in [7, 11) is -3.67. The van der Waals surface area contributed by atoms with Crippen molar-refractivity contribution in [2.75, 3.05) is 18.8 Å². The van der Waals surface area contributed by atoms with Crippen LogP contribution in [0.25, 0.3) is 0 Å². The number of carbonyl (C=O) groups excluding carboxylic acids is 1. The average molecular weight is 317 g/mol. The van der Waals surface area contributed by atoms with Crippen molar-refractivity contribution in [1.29, 1.82) is 5.26 Å². The van der Waals surface area contributed by atoms with Crippen molar-refractivity contribution >= 4 is 16.1 Å². The zero-order chi connectivity index (χ0) is 16.3. The number of sulfonamides is 1. The van der Waals surface area contributed by atoms with Crippen molar-refractivity contribution in [3.8, 4) is 6.07 Å².